The average molecular weight is 391 g/mol. The number of hydrogen-bond acceptors (Lipinski definition) is 4. The van der Waals surface area contributed by atoms with Crippen LogP contribution in [0.2, 0.25) is 0 Å². The lowest BCUT2D eigenvalue weighted by Crippen LogP contribution is -2.27. The molecule has 5 nitrogen and oxygen atoms in total. The Hall–Kier alpha value is -3.21. The van der Waals surface area contributed by atoms with Crippen LogP contribution in [0.25, 0.3) is 0 Å². The van der Waals surface area contributed by atoms with Crippen LogP contribution in [0.5, 0.6) is 17.2 Å². The van der Waals surface area contributed by atoms with Crippen LogP contribution in [-0.4, -0.2) is 26.2 Å². The topological polar surface area (TPSA) is 48.0 Å². The Bertz CT molecular complexity index is 957. The lowest BCUT2D eigenvalue weighted by atomic mass is 10.1. The van der Waals surface area contributed by atoms with Crippen molar-refractivity contribution in [1.82, 2.24) is 0 Å². The number of amides is 1. The number of carbonyl (C=O) groups is 1. The maximum absolute atomic E-state index is 12.8. The number of benzene rings is 2. The molecule has 29 heavy (non-hydrogen) atoms. The van der Waals surface area contributed by atoms with Gasteiger partial charge in [-0.3, -0.25) is 4.79 Å². The van der Waals surface area contributed by atoms with Gasteiger partial charge in [0.25, 0.3) is 5.91 Å². The van der Waals surface area contributed by atoms with Gasteiger partial charge < -0.3 is 19.1 Å². The molecule has 4 rings (SSSR count). The molecule has 1 aliphatic carbocycles. The lowest BCUT2D eigenvalue weighted by molar-refractivity contribution is -0.116. The minimum absolute atomic E-state index is 0.172. The zero-order chi connectivity index (χ0) is 20.4. The van der Waals surface area contributed by atoms with Gasteiger partial charge in [0.15, 0.2) is 17.3 Å². The van der Waals surface area contributed by atoms with E-state index in [9.17, 15) is 4.79 Å². The van der Waals surface area contributed by atoms with Crippen LogP contribution in [0, 0.1) is 0 Å². The number of hydrogen-bond donors (Lipinski definition) is 0. The Labute approximate surface area is 171 Å². The average Bonchev–Trinajstić information content (AvgIpc) is 3.51. The third kappa shape index (κ3) is 4.29. The van der Waals surface area contributed by atoms with Gasteiger partial charge >= 0.3 is 0 Å². The molecule has 1 aliphatic heterocycles. The zero-order valence-corrected chi connectivity index (χ0v) is 16.8. The summed E-state index contributed by atoms with van der Waals surface area (Å²) in [6.45, 7) is 6.60. The molecule has 150 valence electrons. The largest absolute Gasteiger partial charge is 0.493 e. The summed E-state index contributed by atoms with van der Waals surface area (Å²) in [7, 11) is 1.58. The van der Waals surface area contributed by atoms with E-state index in [1.807, 2.05) is 25.1 Å². The van der Waals surface area contributed by atoms with Crippen LogP contribution in [0.4, 0.5) is 5.69 Å². The number of carbonyl (C=O) groups excluding carboxylic acids is 1. The number of anilines is 1. The first-order valence-corrected chi connectivity index (χ1v) is 9.80. The lowest BCUT2D eigenvalue weighted by Gasteiger charge is -2.19. The van der Waals surface area contributed by atoms with Crippen molar-refractivity contribution in [2.75, 3.05) is 25.2 Å². The molecule has 2 aromatic rings. The number of nitrogens with zero attached hydrogens (tertiary/aromatic N) is 1. The van der Waals surface area contributed by atoms with Crippen molar-refractivity contribution in [2.45, 2.75) is 25.7 Å². The first kappa shape index (κ1) is 19.1. The van der Waals surface area contributed by atoms with Crippen LogP contribution < -0.4 is 19.1 Å². The van der Waals surface area contributed by atoms with Gasteiger partial charge in [-0.25, -0.2) is 0 Å². The van der Waals surface area contributed by atoms with E-state index in [2.05, 4.69) is 18.7 Å². The molecule has 0 spiro atoms. The quantitative estimate of drug-likeness (QED) is 0.605. The maximum Gasteiger partial charge on any atom is 0.294 e. The SMILES string of the molecule is C=C(C)COc1ccc(N2CC=C(Oc3ccc(C4CC4)cc3)C2=O)cc1OC. The van der Waals surface area contributed by atoms with Crippen molar-refractivity contribution in [3.8, 4) is 17.2 Å². The van der Waals surface area contributed by atoms with E-state index in [-0.39, 0.29) is 5.91 Å². The van der Waals surface area contributed by atoms with Gasteiger partial charge in [0.05, 0.1) is 7.11 Å². The van der Waals surface area contributed by atoms with E-state index < -0.39 is 0 Å². The number of rotatable bonds is 8. The Kier molecular flexibility index (Phi) is 5.30. The molecule has 1 heterocycles. The van der Waals surface area contributed by atoms with E-state index in [1.165, 1.54) is 18.4 Å². The fraction of sp³-hybridized carbons (Fsp3) is 0.292. The van der Waals surface area contributed by atoms with Crippen molar-refractivity contribution >= 4 is 11.6 Å². The molecule has 0 aromatic heterocycles. The monoisotopic (exact) mass is 391 g/mol. The summed E-state index contributed by atoms with van der Waals surface area (Å²) in [6.07, 6.45) is 4.33. The highest BCUT2D eigenvalue weighted by atomic mass is 16.5. The van der Waals surface area contributed by atoms with Gasteiger partial charge in [-0.1, -0.05) is 18.7 Å². The normalized spacial score (nSPS) is 15.9. The minimum Gasteiger partial charge on any atom is -0.493 e. The molecule has 1 fully saturated rings. The predicted molar refractivity (Wildman–Crippen MR) is 113 cm³/mol. The second-order valence-corrected chi connectivity index (χ2v) is 7.51. The first-order valence-electron chi connectivity index (χ1n) is 9.80. The highest BCUT2D eigenvalue weighted by molar-refractivity contribution is 6.07. The van der Waals surface area contributed by atoms with E-state index in [4.69, 9.17) is 14.2 Å². The minimum atomic E-state index is -0.172. The fourth-order valence-electron chi connectivity index (χ4n) is 3.28. The summed E-state index contributed by atoms with van der Waals surface area (Å²) in [5, 5.41) is 0. The molecule has 0 N–H and O–H groups in total. The third-order valence-corrected chi connectivity index (χ3v) is 5.00. The molecule has 0 saturated heterocycles. The van der Waals surface area contributed by atoms with E-state index >= 15 is 0 Å². The Morgan fingerprint density at radius 3 is 2.55 bits per heavy atom. The number of ether oxygens (including phenoxy) is 3. The highest BCUT2D eigenvalue weighted by Gasteiger charge is 2.28. The smallest absolute Gasteiger partial charge is 0.294 e. The van der Waals surface area contributed by atoms with Crippen molar-refractivity contribution in [3.63, 3.8) is 0 Å². The second-order valence-electron chi connectivity index (χ2n) is 7.51. The van der Waals surface area contributed by atoms with Crippen molar-refractivity contribution in [2.24, 2.45) is 0 Å². The van der Waals surface area contributed by atoms with E-state index in [0.717, 1.165) is 11.3 Å². The Balaban J connectivity index is 1.44. The molecule has 2 aliphatic rings. The van der Waals surface area contributed by atoms with Gasteiger partial charge in [0.1, 0.15) is 12.4 Å². The molecule has 1 saturated carbocycles. The van der Waals surface area contributed by atoms with Crippen molar-refractivity contribution < 1.29 is 19.0 Å². The molecule has 5 heteroatoms. The zero-order valence-electron chi connectivity index (χ0n) is 16.8. The summed E-state index contributed by atoms with van der Waals surface area (Å²) in [4.78, 5) is 14.5. The van der Waals surface area contributed by atoms with Crippen LogP contribution in [0.3, 0.4) is 0 Å². The van der Waals surface area contributed by atoms with Crippen LogP contribution in [-0.2, 0) is 4.79 Å². The second kappa shape index (κ2) is 8.03. The number of methoxy groups -OCH3 is 1. The summed E-state index contributed by atoms with van der Waals surface area (Å²) < 4.78 is 17.0. The standard InChI is InChI=1S/C24H25NO4/c1-16(2)15-28-21-11-8-19(14-23(21)27-3)25-13-12-22(24(25)26)29-20-9-6-18(7-10-20)17-4-5-17/h6-12,14,17H,1,4-5,13,15H2,2-3H3. The Morgan fingerprint density at radius 2 is 1.90 bits per heavy atom. The molecule has 2 aromatic carbocycles. The molecular formula is C24H25NO4. The molecule has 0 radical (unpaired) electrons. The van der Waals surface area contributed by atoms with Gasteiger partial charge in [0.2, 0.25) is 0 Å². The van der Waals surface area contributed by atoms with E-state index in [0.29, 0.717) is 42.1 Å². The van der Waals surface area contributed by atoms with Crippen molar-refractivity contribution in [3.05, 3.63) is 72.0 Å². The first-order chi connectivity index (χ1) is 14.0. The van der Waals surface area contributed by atoms with Gasteiger partial charge in [-0.2, -0.15) is 0 Å². The fourth-order valence-corrected chi connectivity index (χ4v) is 3.28. The summed E-state index contributed by atoms with van der Waals surface area (Å²) in [5.41, 5.74) is 2.99. The highest BCUT2D eigenvalue weighted by Crippen LogP contribution is 2.40. The van der Waals surface area contributed by atoms with E-state index in [1.54, 1.807) is 30.2 Å². The van der Waals surface area contributed by atoms with Crippen LogP contribution in [0.15, 0.2) is 66.5 Å². The third-order valence-electron chi connectivity index (χ3n) is 5.00. The molecular weight excluding hydrogens is 366 g/mol. The van der Waals surface area contributed by atoms with Crippen LogP contribution in [0.1, 0.15) is 31.2 Å². The molecule has 1 amide bonds. The maximum atomic E-state index is 12.8. The summed E-state index contributed by atoms with van der Waals surface area (Å²) in [6, 6.07) is 13.5. The van der Waals surface area contributed by atoms with Crippen LogP contribution >= 0.6 is 0 Å². The van der Waals surface area contributed by atoms with Gasteiger partial charge in [-0.15, -0.1) is 0 Å². The molecule has 0 atom stereocenters. The molecule has 0 unspecified atom stereocenters. The Morgan fingerprint density at radius 1 is 1.14 bits per heavy atom. The van der Waals surface area contributed by atoms with Gasteiger partial charge in [-0.05, 0) is 67.2 Å². The summed E-state index contributed by atoms with van der Waals surface area (Å²) in [5.74, 6) is 2.73. The summed E-state index contributed by atoms with van der Waals surface area (Å²) >= 11 is 0. The van der Waals surface area contributed by atoms with Crippen molar-refractivity contribution in [1.29, 1.82) is 0 Å². The van der Waals surface area contributed by atoms with Gasteiger partial charge in [0, 0.05) is 18.3 Å². The molecule has 0 bridgehead atoms. The predicted octanol–water partition coefficient (Wildman–Crippen LogP) is 4.84.